The molecule has 2 aromatic heterocycles. The third kappa shape index (κ3) is 5.26. The monoisotopic (exact) mass is 514 g/mol. The maximum absolute atomic E-state index is 12.9. The van der Waals surface area contributed by atoms with Gasteiger partial charge in [0.05, 0.1) is 24.2 Å². The summed E-state index contributed by atoms with van der Waals surface area (Å²) in [5.41, 5.74) is 1.40. The summed E-state index contributed by atoms with van der Waals surface area (Å²) >= 11 is 6.02. The van der Waals surface area contributed by atoms with E-state index in [0.717, 1.165) is 9.87 Å². The smallest absolute Gasteiger partial charge is 0.264 e. The lowest BCUT2D eigenvalue weighted by Gasteiger charge is -2.11. The van der Waals surface area contributed by atoms with E-state index in [1.165, 1.54) is 55.5 Å². The highest BCUT2D eigenvalue weighted by Gasteiger charge is 2.17. The zero-order valence-corrected chi connectivity index (χ0v) is 20.6. The lowest BCUT2D eigenvalue weighted by molar-refractivity contribution is 0.0952. The van der Waals surface area contributed by atoms with Crippen molar-refractivity contribution in [3.05, 3.63) is 87.6 Å². The molecule has 35 heavy (non-hydrogen) atoms. The first-order chi connectivity index (χ1) is 16.7. The molecule has 0 aliphatic heterocycles. The number of rotatable bonds is 8. The van der Waals surface area contributed by atoms with E-state index in [2.05, 4.69) is 15.4 Å². The Hall–Kier alpha value is -3.54. The molecule has 2 aromatic carbocycles. The zero-order valence-electron chi connectivity index (χ0n) is 19.1. The van der Waals surface area contributed by atoms with Gasteiger partial charge in [0.15, 0.2) is 5.65 Å². The van der Waals surface area contributed by atoms with Crippen LogP contribution < -0.4 is 10.9 Å². The number of carbonyl (C=O) groups excluding carboxylic acids is 1. The molecule has 182 valence electrons. The molecule has 4 aromatic rings. The third-order valence-corrected chi connectivity index (χ3v) is 7.43. The minimum absolute atomic E-state index is 0.106. The lowest BCUT2D eigenvalue weighted by atomic mass is 10.2. The van der Waals surface area contributed by atoms with E-state index in [4.69, 9.17) is 11.6 Å². The molecule has 10 nitrogen and oxygen atoms in total. The number of halogens is 1. The molecular formula is C23H23ClN6O4S. The summed E-state index contributed by atoms with van der Waals surface area (Å²) in [6.45, 7) is 0.867. The van der Waals surface area contributed by atoms with Gasteiger partial charge in [0, 0.05) is 31.2 Å². The number of hydrogen-bond donors (Lipinski definition) is 1. The number of aromatic nitrogens is 4. The fourth-order valence-corrected chi connectivity index (χ4v) is 4.59. The summed E-state index contributed by atoms with van der Waals surface area (Å²) in [6.07, 6.45) is 2.93. The highest BCUT2D eigenvalue weighted by atomic mass is 35.5. The fraction of sp³-hybridized carbons (Fsp3) is 0.217. The molecule has 0 spiro atoms. The van der Waals surface area contributed by atoms with Crippen LogP contribution in [0.4, 0.5) is 0 Å². The van der Waals surface area contributed by atoms with E-state index in [-0.39, 0.29) is 22.9 Å². The quantitative estimate of drug-likeness (QED) is 0.384. The number of hydrogen-bond acceptors (Lipinski definition) is 6. The third-order valence-electron chi connectivity index (χ3n) is 5.37. The highest BCUT2D eigenvalue weighted by molar-refractivity contribution is 7.89. The van der Waals surface area contributed by atoms with Gasteiger partial charge in [0.1, 0.15) is 11.7 Å². The standard InChI is InChI=1S/C23H23ClN6O4S/c1-28(2)35(33,34)19-8-6-17(7-9-19)22(31)25-10-11-30-21-20(13-27-30)23(32)29(15-26-21)14-16-4-3-5-18(24)12-16/h3-9,12-13,15H,10-11,14H2,1-2H3,(H,25,31). The maximum atomic E-state index is 12.9. The summed E-state index contributed by atoms with van der Waals surface area (Å²) < 4.78 is 28.5. The summed E-state index contributed by atoms with van der Waals surface area (Å²) in [6, 6.07) is 13.0. The van der Waals surface area contributed by atoms with Crippen molar-refractivity contribution in [3.8, 4) is 0 Å². The summed E-state index contributed by atoms with van der Waals surface area (Å²) in [5, 5.41) is 7.97. The minimum atomic E-state index is -3.56. The second kappa shape index (κ2) is 9.98. The summed E-state index contributed by atoms with van der Waals surface area (Å²) in [7, 11) is -0.678. The van der Waals surface area contributed by atoms with Gasteiger partial charge in [-0.1, -0.05) is 23.7 Å². The molecule has 0 saturated carbocycles. The van der Waals surface area contributed by atoms with Gasteiger partial charge >= 0.3 is 0 Å². The Morgan fingerprint density at radius 1 is 1.14 bits per heavy atom. The van der Waals surface area contributed by atoms with Gasteiger partial charge in [-0.2, -0.15) is 5.10 Å². The topological polar surface area (TPSA) is 119 Å². The number of carbonyl (C=O) groups is 1. The van der Waals surface area contributed by atoms with Gasteiger partial charge in [-0.05, 0) is 42.0 Å². The predicted octanol–water partition coefficient (Wildman–Crippen LogP) is 1.98. The highest BCUT2D eigenvalue weighted by Crippen LogP contribution is 2.14. The van der Waals surface area contributed by atoms with E-state index in [1.54, 1.807) is 16.8 Å². The van der Waals surface area contributed by atoms with Crippen molar-refractivity contribution >= 4 is 38.6 Å². The van der Waals surface area contributed by atoms with Crippen LogP contribution in [-0.4, -0.2) is 58.6 Å². The van der Waals surface area contributed by atoms with Crippen molar-refractivity contribution in [2.45, 2.75) is 18.0 Å². The Balaban J connectivity index is 1.41. The Morgan fingerprint density at radius 2 is 1.89 bits per heavy atom. The van der Waals surface area contributed by atoms with Crippen LogP contribution in [0.25, 0.3) is 11.0 Å². The van der Waals surface area contributed by atoms with Crippen molar-refractivity contribution in [3.63, 3.8) is 0 Å². The predicted molar refractivity (Wildman–Crippen MR) is 132 cm³/mol. The average molecular weight is 515 g/mol. The van der Waals surface area contributed by atoms with E-state index >= 15 is 0 Å². The SMILES string of the molecule is CN(C)S(=O)(=O)c1ccc(C(=O)NCCn2ncc3c(=O)n(Cc4cccc(Cl)c4)cnc32)cc1. The largest absolute Gasteiger partial charge is 0.350 e. The van der Waals surface area contributed by atoms with Crippen LogP contribution in [0.15, 0.2) is 70.7 Å². The van der Waals surface area contributed by atoms with Gasteiger partial charge in [-0.15, -0.1) is 0 Å². The molecule has 0 saturated heterocycles. The van der Waals surface area contributed by atoms with E-state index < -0.39 is 10.0 Å². The van der Waals surface area contributed by atoms with Gasteiger partial charge in [0.25, 0.3) is 11.5 Å². The van der Waals surface area contributed by atoms with Crippen LogP contribution in [0.3, 0.4) is 0 Å². The number of nitrogens with one attached hydrogen (secondary N) is 1. The van der Waals surface area contributed by atoms with Crippen molar-refractivity contribution in [1.82, 2.24) is 29.0 Å². The van der Waals surface area contributed by atoms with Gasteiger partial charge in [-0.3, -0.25) is 14.2 Å². The Labute approximate surface area is 206 Å². The summed E-state index contributed by atoms with van der Waals surface area (Å²) in [4.78, 5) is 29.8. The van der Waals surface area contributed by atoms with Crippen LogP contribution in [0.2, 0.25) is 5.02 Å². The molecule has 0 unspecified atom stereocenters. The number of amides is 1. The van der Waals surface area contributed by atoms with Crippen molar-refractivity contribution < 1.29 is 13.2 Å². The van der Waals surface area contributed by atoms with Crippen LogP contribution in [-0.2, 0) is 23.1 Å². The molecule has 0 radical (unpaired) electrons. The van der Waals surface area contributed by atoms with E-state index in [0.29, 0.717) is 34.7 Å². The van der Waals surface area contributed by atoms with Crippen molar-refractivity contribution in [1.29, 1.82) is 0 Å². The van der Waals surface area contributed by atoms with Crippen LogP contribution >= 0.6 is 11.6 Å². The molecule has 2 heterocycles. The summed E-state index contributed by atoms with van der Waals surface area (Å²) in [5.74, 6) is -0.355. The van der Waals surface area contributed by atoms with Gasteiger partial charge < -0.3 is 5.32 Å². The lowest BCUT2D eigenvalue weighted by Crippen LogP contribution is -2.28. The van der Waals surface area contributed by atoms with Gasteiger partial charge in [0.2, 0.25) is 10.0 Å². The van der Waals surface area contributed by atoms with Crippen LogP contribution in [0.5, 0.6) is 0 Å². The normalized spacial score (nSPS) is 11.8. The average Bonchev–Trinajstić information content (AvgIpc) is 3.24. The number of benzene rings is 2. The number of fused-ring (bicyclic) bond motifs is 1. The molecule has 12 heteroatoms. The molecule has 0 aliphatic rings. The van der Waals surface area contributed by atoms with Crippen molar-refractivity contribution in [2.75, 3.05) is 20.6 Å². The van der Waals surface area contributed by atoms with E-state index in [1.807, 2.05) is 12.1 Å². The first kappa shape index (κ1) is 24.6. The Bertz CT molecular complexity index is 1540. The molecular weight excluding hydrogens is 492 g/mol. The Morgan fingerprint density at radius 3 is 2.57 bits per heavy atom. The minimum Gasteiger partial charge on any atom is -0.350 e. The number of sulfonamides is 1. The molecule has 0 aliphatic carbocycles. The van der Waals surface area contributed by atoms with E-state index in [9.17, 15) is 18.0 Å². The van der Waals surface area contributed by atoms with Crippen LogP contribution in [0.1, 0.15) is 15.9 Å². The first-order valence-electron chi connectivity index (χ1n) is 10.6. The second-order valence-corrected chi connectivity index (χ2v) is 10.6. The molecule has 1 N–H and O–H groups in total. The molecule has 4 rings (SSSR count). The fourth-order valence-electron chi connectivity index (χ4n) is 3.47. The van der Waals surface area contributed by atoms with Gasteiger partial charge in [-0.25, -0.2) is 22.4 Å². The Kier molecular flexibility index (Phi) is 7.01. The van der Waals surface area contributed by atoms with Crippen molar-refractivity contribution in [2.24, 2.45) is 0 Å². The molecule has 0 atom stereocenters. The maximum Gasteiger partial charge on any atom is 0.264 e. The van der Waals surface area contributed by atoms with Crippen LogP contribution in [0, 0.1) is 0 Å². The molecule has 1 amide bonds. The molecule has 0 fully saturated rings. The second-order valence-electron chi connectivity index (χ2n) is 7.98. The zero-order chi connectivity index (χ0) is 25.2. The number of nitrogens with zero attached hydrogens (tertiary/aromatic N) is 5. The molecule has 0 bridgehead atoms. The first-order valence-corrected chi connectivity index (χ1v) is 12.4.